The standard InChI is InChI=1S/C16H12N2O3/c17-9-12-3-7-15(8-4-12)18(11-19)10-13-1-5-14(6-2-13)16(20)21/h1-8,11H,10H2,(H,20,21). The zero-order chi connectivity index (χ0) is 15.2. The second-order valence-electron chi connectivity index (χ2n) is 4.39. The van der Waals surface area contributed by atoms with Crippen molar-refractivity contribution in [2.24, 2.45) is 0 Å². The van der Waals surface area contributed by atoms with E-state index >= 15 is 0 Å². The molecular formula is C16H12N2O3. The summed E-state index contributed by atoms with van der Waals surface area (Å²) in [5.41, 5.74) is 2.22. The van der Waals surface area contributed by atoms with Crippen LogP contribution in [0.4, 0.5) is 5.69 Å². The number of carbonyl (C=O) groups is 2. The molecule has 1 amide bonds. The number of anilines is 1. The largest absolute Gasteiger partial charge is 0.478 e. The first-order valence-electron chi connectivity index (χ1n) is 6.18. The first kappa shape index (κ1) is 14.3. The van der Waals surface area contributed by atoms with Crippen LogP contribution in [0.3, 0.4) is 0 Å². The van der Waals surface area contributed by atoms with Crippen LogP contribution < -0.4 is 4.90 Å². The van der Waals surface area contributed by atoms with Crippen molar-refractivity contribution in [2.75, 3.05) is 4.90 Å². The van der Waals surface area contributed by atoms with Crippen molar-refractivity contribution in [3.8, 4) is 6.07 Å². The zero-order valence-electron chi connectivity index (χ0n) is 11.1. The van der Waals surface area contributed by atoms with Crippen LogP contribution in [0.1, 0.15) is 21.5 Å². The minimum atomic E-state index is -0.985. The molecule has 5 heteroatoms. The number of rotatable bonds is 5. The van der Waals surface area contributed by atoms with Crippen molar-refractivity contribution in [3.05, 3.63) is 65.2 Å². The Hall–Kier alpha value is -3.13. The Labute approximate surface area is 121 Å². The van der Waals surface area contributed by atoms with E-state index in [2.05, 4.69) is 0 Å². The molecule has 0 aliphatic heterocycles. The van der Waals surface area contributed by atoms with E-state index in [4.69, 9.17) is 10.4 Å². The van der Waals surface area contributed by atoms with Gasteiger partial charge < -0.3 is 10.0 Å². The lowest BCUT2D eigenvalue weighted by molar-refractivity contribution is -0.107. The van der Waals surface area contributed by atoms with Crippen LogP contribution in [0.25, 0.3) is 0 Å². The summed E-state index contributed by atoms with van der Waals surface area (Å²) in [7, 11) is 0. The van der Waals surface area contributed by atoms with E-state index < -0.39 is 5.97 Å². The minimum Gasteiger partial charge on any atom is -0.478 e. The second kappa shape index (κ2) is 6.35. The highest BCUT2D eigenvalue weighted by Gasteiger charge is 2.07. The third-order valence-electron chi connectivity index (χ3n) is 3.01. The Bertz CT molecular complexity index is 685. The lowest BCUT2D eigenvalue weighted by Crippen LogP contribution is -2.20. The van der Waals surface area contributed by atoms with E-state index in [1.165, 1.54) is 17.0 Å². The molecular weight excluding hydrogens is 268 g/mol. The SMILES string of the molecule is N#Cc1ccc(N(C=O)Cc2ccc(C(=O)O)cc2)cc1. The van der Waals surface area contributed by atoms with Gasteiger partial charge in [-0.05, 0) is 42.0 Å². The van der Waals surface area contributed by atoms with Gasteiger partial charge in [-0.15, -0.1) is 0 Å². The number of carboxylic acids is 1. The van der Waals surface area contributed by atoms with E-state index in [1.807, 2.05) is 6.07 Å². The summed E-state index contributed by atoms with van der Waals surface area (Å²) in [5.74, 6) is -0.985. The van der Waals surface area contributed by atoms with Gasteiger partial charge in [0.15, 0.2) is 0 Å². The average Bonchev–Trinajstić information content (AvgIpc) is 2.53. The smallest absolute Gasteiger partial charge is 0.335 e. The van der Waals surface area contributed by atoms with Gasteiger partial charge in [0.05, 0.1) is 23.7 Å². The Balaban J connectivity index is 2.16. The fourth-order valence-electron chi connectivity index (χ4n) is 1.87. The van der Waals surface area contributed by atoms with E-state index in [0.717, 1.165) is 5.56 Å². The number of aromatic carboxylic acids is 1. The van der Waals surface area contributed by atoms with Crippen LogP contribution in [-0.4, -0.2) is 17.5 Å². The van der Waals surface area contributed by atoms with Gasteiger partial charge in [-0.3, -0.25) is 4.79 Å². The second-order valence-corrected chi connectivity index (χ2v) is 4.39. The molecule has 0 bridgehead atoms. The van der Waals surface area contributed by atoms with Crippen LogP contribution in [0.15, 0.2) is 48.5 Å². The Morgan fingerprint density at radius 2 is 1.76 bits per heavy atom. The van der Waals surface area contributed by atoms with E-state index in [-0.39, 0.29) is 5.56 Å². The van der Waals surface area contributed by atoms with Crippen molar-refractivity contribution in [3.63, 3.8) is 0 Å². The van der Waals surface area contributed by atoms with Crippen LogP contribution in [0.5, 0.6) is 0 Å². The molecule has 0 spiro atoms. The summed E-state index contributed by atoms with van der Waals surface area (Å²) in [4.78, 5) is 23.5. The first-order valence-corrected chi connectivity index (χ1v) is 6.18. The van der Waals surface area contributed by atoms with Crippen LogP contribution >= 0.6 is 0 Å². The third kappa shape index (κ3) is 3.45. The maximum absolute atomic E-state index is 11.2. The number of hydrogen-bond donors (Lipinski definition) is 1. The number of amides is 1. The van der Waals surface area contributed by atoms with E-state index in [1.54, 1.807) is 36.4 Å². The number of carboxylic acid groups (broad SMARTS) is 1. The normalized spacial score (nSPS) is 9.67. The highest BCUT2D eigenvalue weighted by molar-refractivity contribution is 5.87. The van der Waals surface area contributed by atoms with Crippen molar-refractivity contribution >= 4 is 18.1 Å². The van der Waals surface area contributed by atoms with Gasteiger partial charge in [0, 0.05) is 5.69 Å². The molecule has 2 aromatic carbocycles. The Kier molecular flexibility index (Phi) is 4.32. The molecule has 0 saturated heterocycles. The molecule has 2 rings (SSSR count). The summed E-state index contributed by atoms with van der Waals surface area (Å²) >= 11 is 0. The Morgan fingerprint density at radius 3 is 2.24 bits per heavy atom. The van der Waals surface area contributed by atoms with Crippen molar-refractivity contribution < 1.29 is 14.7 Å². The van der Waals surface area contributed by atoms with Crippen molar-refractivity contribution in [1.82, 2.24) is 0 Å². The zero-order valence-corrected chi connectivity index (χ0v) is 11.1. The predicted octanol–water partition coefficient (Wildman–Crippen LogP) is 2.42. The summed E-state index contributed by atoms with van der Waals surface area (Å²) in [5, 5.41) is 17.6. The van der Waals surface area contributed by atoms with E-state index in [0.29, 0.717) is 24.2 Å². The maximum atomic E-state index is 11.2. The number of nitriles is 1. The molecule has 0 aromatic heterocycles. The minimum absolute atomic E-state index is 0.203. The molecule has 0 heterocycles. The quantitative estimate of drug-likeness (QED) is 0.853. The van der Waals surface area contributed by atoms with Gasteiger partial charge >= 0.3 is 5.97 Å². The molecule has 0 fully saturated rings. The monoisotopic (exact) mass is 280 g/mol. The lowest BCUT2D eigenvalue weighted by atomic mass is 10.1. The molecule has 2 aromatic rings. The molecule has 104 valence electrons. The van der Waals surface area contributed by atoms with E-state index in [9.17, 15) is 9.59 Å². The Morgan fingerprint density at radius 1 is 1.14 bits per heavy atom. The molecule has 0 aliphatic rings. The molecule has 5 nitrogen and oxygen atoms in total. The molecule has 0 aliphatic carbocycles. The fourth-order valence-corrected chi connectivity index (χ4v) is 1.87. The molecule has 0 radical (unpaired) electrons. The number of benzene rings is 2. The van der Waals surface area contributed by atoms with Crippen molar-refractivity contribution in [2.45, 2.75) is 6.54 Å². The predicted molar refractivity (Wildman–Crippen MR) is 76.8 cm³/mol. The molecule has 0 saturated carbocycles. The molecule has 0 atom stereocenters. The van der Waals surface area contributed by atoms with Gasteiger partial charge in [0.25, 0.3) is 0 Å². The number of nitrogens with zero attached hydrogens (tertiary/aromatic N) is 2. The van der Waals surface area contributed by atoms with Crippen LogP contribution in [-0.2, 0) is 11.3 Å². The van der Waals surface area contributed by atoms with Gasteiger partial charge in [-0.25, -0.2) is 4.79 Å². The van der Waals surface area contributed by atoms with Crippen molar-refractivity contribution in [1.29, 1.82) is 5.26 Å². The highest BCUT2D eigenvalue weighted by atomic mass is 16.4. The first-order chi connectivity index (χ1) is 10.1. The topological polar surface area (TPSA) is 81.4 Å². The summed E-state index contributed by atoms with van der Waals surface area (Å²) in [6.45, 7) is 0.329. The van der Waals surface area contributed by atoms with Gasteiger partial charge in [-0.1, -0.05) is 12.1 Å². The summed E-state index contributed by atoms with van der Waals surface area (Å²) < 4.78 is 0. The lowest BCUT2D eigenvalue weighted by Gasteiger charge is -2.17. The maximum Gasteiger partial charge on any atom is 0.335 e. The molecule has 1 N–H and O–H groups in total. The number of carbonyl (C=O) groups excluding carboxylic acids is 1. The average molecular weight is 280 g/mol. The van der Waals surface area contributed by atoms with Gasteiger partial charge in [0.1, 0.15) is 0 Å². The molecule has 0 unspecified atom stereocenters. The molecule has 21 heavy (non-hydrogen) atoms. The summed E-state index contributed by atoms with van der Waals surface area (Å²) in [6, 6.07) is 15.0. The van der Waals surface area contributed by atoms with Gasteiger partial charge in [0.2, 0.25) is 6.41 Å². The summed E-state index contributed by atoms with van der Waals surface area (Å²) in [6.07, 6.45) is 0.701. The van der Waals surface area contributed by atoms with Crippen LogP contribution in [0, 0.1) is 11.3 Å². The highest BCUT2D eigenvalue weighted by Crippen LogP contribution is 2.17. The van der Waals surface area contributed by atoms with Gasteiger partial charge in [-0.2, -0.15) is 5.26 Å². The van der Waals surface area contributed by atoms with Crippen LogP contribution in [0.2, 0.25) is 0 Å². The third-order valence-corrected chi connectivity index (χ3v) is 3.01. The fraction of sp³-hybridized carbons (Fsp3) is 0.0625. The number of hydrogen-bond acceptors (Lipinski definition) is 3.